The summed E-state index contributed by atoms with van der Waals surface area (Å²) in [5, 5.41) is 5.45. The molecule has 0 aliphatic heterocycles. The topological polar surface area (TPSA) is 43.1 Å². The molecule has 0 amide bonds. The van der Waals surface area contributed by atoms with Crippen LogP contribution in [0.4, 0.5) is 0 Å². The van der Waals surface area contributed by atoms with Crippen molar-refractivity contribution in [2.75, 3.05) is 0 Å². The molecule has 0 aliphatic carbocycles. The normalized spacial score (nSPS) is 17.8. The molecule has 0 radical (unpaired) electrons. The van der Waals surface area contributed by atoms with Gasteiger partial charge in [0.2, 0.25) is 0 Å². The quantitative estimate of drug-likeness (QED) is 0.655. The van der Waals surface area contributed by atoms with Gasteiger partial charge in [-0.25, -0.2) is 4.21 Å². The standard InChI is InChI=1S/C11H23NOS/c1-5-6-11(7-9(2)3)8-10(4)14(12)13/h5,9-11H,1,6-8,12H2,2-4H3/t10?,11-,14?/m1/s1. The first kappa shape index (κ1) is 13.8. The lowest BCUT2D eigenvalue weighted by Gasteiger charge is -2.19. The second-order valence-electron chi connectivity index (χ2n) is 4.39. The molecule has 0 aromatic heterocycles. The Balaban J connectivity index is 4.07. The van der Waals surface area contributed by atoms with Gasteiger partial charge in [0.25, 0.3) is 0 Å². The lowest BCUT2D eigenvalue weighted by molar-refractivity contribution is 0.388. The van der Waals surface area contributed by atoms with E-state index >= 15 is 0 Å². The average molecular weight is 217 g/mol. The summed E-state index contributed by atoms with van der Waals surface area (Å²) in [5.74, 6) is 1.26. The van der Waals surface area contributed by atoms with Gasteiger partial charge in [-0.3, -0.25) is 5.14 Å². The summed E-state index contributed by atoms with van der Waals surface area (Å²) in [6.45, 7) is 10.1. The third-order valence-corrected chi connectivity index (χ3v) is 3.35. The summed E-state index contributed by atoms with van der Waals surface area (Å²) in [5.41, 5.74) is 0. The van der Waals surface area contributed by atoms with Crippen molar-refractivity contribution in [3.8, 4) is 0 Å². The van der Waals surface area contributed by atoms with Crippen LogP contribution in [0.2, 0.25) is 0 Å². The Labute approximate surface area is 90.5 Å². The molecule has 2 N–H and O–H groups in total. The van der Waals surface area contributed by atoms with E-state index in [1.165, 1.54) is 0 Å². The van der Waals surface area contributed by atoms with Gasteiger partial charge < -0.3 is 0 Å². The van der Waals surface area contributed by atoms with E-state index in [1.54, 1.807) is 0 Å². The van der Waals surface area contributed by atoms with Gasteiger partial charge in [-0.1, -0.05) is 19.9 Å². The van der Waals surface area contributed by atoms with E-state index in [4.69, 9.17) is 5.14 Å². The molecule has 0 saturated heterocycles. The summed E-state index contributed by atoms with van der Waals surface area (Å²) in [6.07, 6.45) is 5.04. The van der Waals surface area contributed by atoms with Gasteiger partial charge in [0, 0.05) is 5.25 Å². The van der Waals surface area contributed by atoms with Crippen LogP contribution < -0.4 is 5.14 Å². The largest absolute Gasteiger partial charge is 0.252 e. The molecular weight excluding hydrogens is 194 g/mol. The van der Waals surface area contributed by atoms with Crippen molar-refractivity contribution in [1.82, 2.24) is 0 Å². The molecule has 0 aliphatic rings. The minimum absolute atomic E-state index is 0.0960. The Morgan fingerprint density at radius 3 is 2.29 bits per heavy atom. The molecule has 0 heterocycles. The molecule has 0 bridgehead atoms. The molecule has 3 heteroatoms. The highest BCUT2D eigenvalue weighted by Gasteiger charge is 2.16. The molecule has 14 heavy (non-hydrogen) atoms. The third-order valence-electron chi connectivity index (χ3n) is 2.37. The van der Waals surface area contributed by atoms with Crippen LogP contribution in [0.3, 0.4) is 0 Å². The Hall–Kier alpha value is -0.150. The molecule has 0 saturated carbocycles. The third kappa shape index (κ3) is 6.33. The molecule has 0 spiro atoms. The van der Waals surface area contributed by atoms with Crippen molar-refractivity contribution in [3.05, 3.63) is 12.7 Å². The monoisotopic (exact) mass is 217 g/mol. The van der Waals surface area contributed by atoms with E-state index in [9.17, 15) is 4.21 Å². The van der Waals surface area contributed by atoms with Crippen molar-refractivity contribution < 1.29 is 4.21 Å². The molecule has 0 rings (SSSR count). The maximum Gasteiger partial charge on any atom is 0.0916 e. The first-order valence-electron chi connectivity index (χ1n) is 5.23. The molecule has 0 aromatic rings. The maximum atomic E-state index is 11.0. The number of hydrogen-bond donors (Lipinski definition) is 1. The molecule has 0 aromatic carbocycles. The molecule has 3 atom stereocenters. The van der Waals surface area contributed by atoms with Crippen LogP contribution in [0, 0.1) is 11.8 Å². The fourth-order valence-corrected chi connectivity index (χ4v) is 2.22. The predicted octanol–water partition coefficient (Wildman–Crippen LogP) is 2.63. The van der Waals surface area contributed by atoms with E-state index in [1.807, 2.05) is 13.0 Å². The lowest BCUT2D eigenvalue weighted by Crippen LogP contribution is -2.22. The minimum atomic E-state index is -1.18. The summed E-state index contributed by atoms with van der Waals surface area (Å²) in [6, 6.07) is 0. The van der Waals surface area contributed by atoms with Gasteiger partial charge in [-0.2, -0.15) is 0 Å². The van der Waals surface area contributed by atoms with Crippen LogP contribution in [0.15, 0.2) is 12.7 Å². The van der Waals surface area contributed by atoms with Crippen molar-refractivity contribution in [1.29, 1.82) is 0 Å². The van der Waals surface area contributed by atoms with Gasteiger partial charge in [0.15, 0.2) is 0 Å². The average Bonchev–Trinajstić information content (AvgIpc) is 2.02. The Kier molecular flexibility index (Phi) is 7.11. The van der Waals surface area contributed by atoms with Crippen LogP contribution in [0.1, 0.15) is 40.0 Å². The van der Waals surface area contributed by atoms with Gasteiger partial charge >= 0.3 is 0 Å². The molecule has 84 valence electrons. The fourth-order valence-electron chi connectivity index (χ4n) is 1.76. The van der Waals surface area contributed by atoms with E-state index in [0.29, 0.717) is 11.8 Å². The van der Waals surface area contributed by atoms with E-state index in [0.717, 1.165) is 19.3 Å². The van der Waals surface area contributed by atoms with Gasteiger partial charge in [0.1, 0.15) is 0 Å². The molecule has 0 fully saturated rings. The first-order valence-corrected chi connectivity index (χ1v) is 6.50. The van der Waals surface area contributed by atoms with Crippen LogP contribution in [0.25, 0.3) is 0 Å². The van der Waals surface area contributed by atoms with Gasteiger partial charge in [-0.15, -0.1) is 6.58 Å². The van der Waals surface area contributed by atoms with Crippen LogP contribution in [-0.4, -0.2) is 9.46 Å². The highest BCUT2D eigenvalue weighted by atomic mass is 32.2. The number of nitrogens with two attached hydrogens (primary N) is 1. The zero-order valence-electron chi connectivity index (χ0n) is 9.53. The van der Waals surface area contributed by atoms with E-state index in [-0.39, 0.29) is 5.25 Å². The Morgan fingerprint density at radius 1 is 1.36 bits per heavy atom. The van der Waals surface area contributed by atoms with Gasteiger partial charge in [-0.05, 0) is 38.0 Å². The first-order chi connectivity index (χ1) is 6.47. The van der Waals surface area contributed by atoms with Crippen molar-refractivity contribution >= 4 is 11.0 Å². The van der Waals surface area contributed by atoms with Crippen LogP contribution in [-0.2, 0) is 11.0 Å². The van der Waals surface area contributed by atoms with E-state index in [2.05, 4.69) is 20.4 Å². The van der Waals surface area contributed by atoms with Crippen molar-refractivity contribution in [3.63, 3.8) is 0 Å². The fraction of sp³-hybridized carbons (Fsp3) is 0.818. The highest BCUT2D eigenvalue weighted by Crippen LogP contribution is 2.22. The molecular formula is C11H23NOS. The summed E-state index contributed by atoms with van der Waals surface area (Å²) < 4.78 is 11.0. The number of hydrogen-bond acceptors (Lipinski definition) is 1. The summed E-state index contributed by atoms with van der Waals surface area (Å²) >= 11 is 0. The predicted molar refractivity (Wildman–Crippen MR) is 64.2 cm³/mol. The lowest BCUT2D eigenvalue weighted by atomic mass is 9.90. The highest BCUT2D eigenvalue weighted by molar-refractivity contribution is 7.83. The summed E-state index contributed by atoms with van der Waals surface area (Å²) in [4.78, 5) is 0. The minimum Gasteiger partial charge on any atom is -0.252 e. The Morgan fingerprint density at radius 2 is 1.93 bits per heavy atom. The van der Waals surface area contributed by atoms with Crippen molar-refractivity contribution in [2.24, 2.45) is 17.0 Å². The SMILES string of the molecule is C=CC[C@H](CC(C)C)CC(C)S(N)=O. The smallest absolute Gasteiger partial charge is 0.0916 e. The molecule has 2 nitrogen and oxygen atoms in total. The van der Waals surface area contributed by atoms with E-state index < -0.39 is 11.0 Å². The second-order valence-corrected chi connectivity index (χ2v) is 5.86. The summed E-state index contributed by atoms with van der Waals surface area (Å²) in [7, 11) is -1.18. The maximum absolute atomic E-state index is 11.0. The zero-order valence-corrected chi connectivity index (χ0v) is 10.3. The van der Waals surface area contributed by atoms with Gasteiger partial charge in [0.05, 0.1) is 11.0 Å². The number of rotatable bonds is 7. The zero-order chi connectivity index (χ0) is 11.1. The van der Waals surface area contributed by atoms with Crippen LogP contribution >= 0.6 is 0 Å². The van der Waals surface area contributed by atoms with Crippen molar-refractivity contribution in [2.45, 2.75) is 45.3 Å². The molecule has 2 unspecified atom stereocenters. The Bertz CT molecular complexity index is 192. The number of allylic oxidation sites excluding steroid dienone is 1. The van der Waals surface area contributed by atoms with Crippen LogP contribution in [0.5, 0.6) is 0 Å². The second kappa shape index (κ2) is 7.18.